The van der Waals surface area contributed by atoms with Gasteiger partial charge in [0.1, 0.15) is 36.4 Å². The van der Waals surface area contributed by atoms with Crippen molar-refractivity contribution in [1.82, 2.24) is 14.9 Å². The van der Waals surface area contributed by atoms with E-state index in [1.165, 1.54) is 0 Å². The van der Waals surface area contributed by atoms with Crippen LogP contribution in [-0.4, -0.2) is 60.9 Å². The lowest BCUT2D eigenvalue weighted by molar-refractivity contribution is 0.0147. The number of methoxy groups -OCH3 is 2. The van der Waals surface area contributed by atoms with E-state index in [1.54, 1.807) is 45.7 Å². The Bertz CT molecular complexity index is 2090. The van der Waals surface area contributed by atoms with Crippen LogP contribution in [0.5, 0.6) is 34.5 Å². The summed E-state index contributed by atoms with van der Waals surface area (Å²) >= 11 is 0. The van der Waals surface area contributed by atoms with Crippen molar-refractivity contribution >= 4 is 12.1 Å². The second kappa shape index (κ2) is 17.8. The highest BCUT2D eigenvalue weighted by Gasteiger charge is 2.36. The van der Waals surface area contributed by atoms with E-state index in [0.29, 0.717) is 48.1 Å². The lowest BCUT2D eigenvalue weighted by atomic mass is 10.0. The van der Waals surface area contributed by atoms with Crippen molar-refractivity contribution in [3.8, 4) is 34.5 Å². The molecule has 56 heavy (non-hydrogen) atoms. The maximum atomic E-state index is 12.5. The summed E-state index contributed by atoms with van der Waals surface area (Å²) in [5.74, 6) is 2.96. The molecule has 4 aromatic carbocycles. The van der Waals surface area contributed by atoms with Crippen LogP contribution in [0.4, 0.5) is 4.79 Å². The van der Waals surface area contributed by atoms with E-state index in [-0.39, 0.29) is 13.2 Å². The molecule has 0 fully saturated rings. The molecule has 1 aliphatic heterocycles. The number of nitrogens with one attached hydrogen (secondary N) is 1. The molecule has 13 heteroatoms. The highest BCUT2D eigenvalue weighted by molar-refractivity contribution is 5.90. The van der Waals surface area contributed by atoms with E-state index in [9.17, 15) is 9.59 Å². The standard InChI is InChI=1S/C43H47N3O10/c1-7-51-40(47)31-13-19-36-38(23-31)55-41(54-36)39(46-24-32(45-27-46)20-21-44-42(48)56-43(2,3)4)30-12-18-35(52-25-28-8-14-33(49-5)15-9-28)37(22-30)53-26-29-10-16-34(50-6)17-11-29/h8-19,22-24,27,39,41H,7,20-21,25-26H2,1-6H3,(H,44,48). The Kier molecular flexibility index (Phi) is 12.5. The molecule has 5 aromatic rings. The van der Waals surface area contributed by atoms with Gasteiger partial charge in [-0.1, -0.05) is 30.3 Å². The summed E-state index contributed by atoms with van der Waals surface area (Å²) < 4.78 is 48.7. The maximum Gasteiger partial charge on any atom is 0.407 e. The first-order valence-corrected chi connectivity index (χ1v) is 18.3. The van der Waals surface area contributed by atoms with Gasteiger partial charge in [-0.25, -0.2) is 14.6 Å². The van der Waals surface area contributed by atoms with E-state index >= 15 is 0 Å². The lowest BCUT2D eigenvalue weighted by Crippen LogP contribution is -2.33. The number of ether oxygens (including phenoxy) is 8. The third-order valence-electron chi connectivity index (χ3n) is 8.64. The number of benzene rings is 4. The Balaban J connectivity index is 1.30. The fourth-order valence-electron chi connectivity index (χ4n) is 5.89. The number of hydrogen-bond donors (Lipinski definition) is 1. The highest BCUT2D eigenvalue weighted by atomic mass is 16.7. The van der Waals surface area contributed by atoms with Gasteiger partial charge in [-0.15, -0.1) is 0 Å². The molecule has 0 spiro atoms. The predicted octanol–water partition coefficient (Wildman–Crippen LogP) is 7.69. The molecule has 2 heterocycles. The molecule has 1 N–H and O–H groups in total. The summed E-state index contributed by atoms with van der Waals surface area (Å²) in [6, 6.07) is 25.4. The number of carbonyl (C=O) groups excluding carboxylic acids is 2. The molecule has 1 aliphatic rings. The van der Waals surface area contributed by atoms with Crippen LogP contribution in [0.15, 0.2) is 97.5 Å². The average molecular weight is 766 g/mol. The molecule has 6 rings (SSSR count). The van der Waals surface area contributed by atoms with Gasteiger partial charge < -0.3 is 47.8 Å². The number of nitrogens with zero attached hydrogens (tertiary/aromatic N) is 2. The van der Waals surface area contributed by atoms with Crippen LogP contribution in [0, 0.1) is 0 Å². The first kappa shape index (κ1) is 39.3. The number of esters is 1. The van der Waals surface area contributed by atoms with Crippen LogP contribution >= 0.6 is 0 Å². The minimum Gasteiger partial charge on any atom is -0.497 e. The Morgan fingerprint density at radius 1 is 0.821 bits per heavy atom. The molecule has 294 valence electrons. The first-order chi connectivity index (χ1) is 27.0. The van der Waals surface area contributed by atoms with Gasteiger partial charge >= 0.3 is 12.1 Å². The molecule has 1 aromatic heterocycles. The van der Waals surface area contributed by atoms with Crippen LogP contribution in [-0.2, 0) is 29.1 Å². The van der Waals surface area contributed by atoms with E-state index < -0.39 is 30.0 Å². The van der Waals surface area contributed by atoms with Crippen molar-refractivity contribution in [2.45, 2.75) is 65.3 Å². The van der Waals surface area contributed by atoms with Crippen LogP contribution in [0.1, 0.15) is 66.5 Å². The Hall–Kier alpha value is -6.37. The zero-order valence-electron chi connectivity index (χ0n) is 32.4. The number of aromatic nitrogens is 2. The fraction of sp³-hybridized carbons (Fsp3) is 0.326. The minimum absolute atomic E-state index is 0.247. The number of rotatable bonds is 16. The van der Waals surface area contributed by atoms with Crippen molar-refractivity contribution in [2.75, 3.05) is 27.4 Å². The molecule has 0 bridgehead atoms. The number of amides is 1. The number of fused-ring (bicyclic) bond motifs is 1. The van der Waals surface area contributed by atoms with E-state index in [1.807, 2.05) is 98.3 Å². The number of alkyl carbamates (subject to hydrolysis) is 1. The zero-order chi connectivity index (χ0) is 39.7. The lowest BCUT2D eigenvalue weighted by Gasteiger charge is -2.25. The first-order valence-electron chi connectivity index (χ1n) is 18.3. The normalized spacial score (nSPS) is 13.7. The van der Waals surface area contributed by atoms with Gasteiger partial charge in [-0.05, 0) is 99.0 Å². The summed E-state index contributed by atoms with van der Waals surface area (Å²) in [5, 5.41) is 2.78. The van der Waals surface area contributed by atoms with E-state index in [2.05, 4.69) is 10.3 Å². The van der Waals surface area contributed by atoms with Crippen LogP contribution in [0.25, 0.3) is 0 Å². The van der Waals surface area contributed by atoms with Crippen LogP contribution < -0.4 is 33.7 Å². The summed E-state index contributed by atoms with van der Waals surface area (Å²) in [5.41, 5.74) is 3.12. The van der Waals surface area contributed by atoms with E-state index in [0.717, 1.165) is 33.9 Å². The molecule has 1 amide bonds. The van der Waals surface area contributed by atoms with Crippen LogP contribution in [0.3, 0.4) is 0 Å². The SMILES string of the molecule is CCOC(=O)c1ccc2c(c1)OC(C(c1ccc(OCc3ccc(OC)cc3)c(OCc3ccc(OC)cc3)c1)n1cnc(CCNC(=O)OC(C)(C)C)c1)O2. The third kappa shape index (κ3) is 10.2. The molecule has 13 nitrogen and oxygen atoms in total. The molecule has 2 atom stereocenters. The molecule has 0 aliphatic carbocycles. The summed E-state index contributed by atoms with van der Waals surface area (Å²) in [7, 11) is 3.25. The monoisotopic (exact) mass is 765 g/mol. The second-order valence-electron chi connectivity index (χ2n) is 13.9. The third-order valence-corrected chi connectivity index (χ3v) is 8.64. The van der Waals surface area contributed by atoms with Gasteiger partial charge in [0.05, 0.1) is 38.4 Å². The van der Waals surface area contributed by atoms with Crippen molar-refractivity contribution in [2.24, 2.45) is 0 Å². The van der Waals surface area contributed by atoms with Gasteiger partial charge in [-0.2, -0.15) is 0 Å². The van der Waals surface area contributed by atoms with Gasteiger partial charge in [-0.3, -0.25) is 0 Å². The Labute approximate surface area is 326 Å². The molecule has 0 radical (unpaired) electrons. The summed E-state index contributed by atoms with van der Waals surface area (Å²) in [6.45, 7) is 8.31. The number of hydrogen-bond acceptors (Lipinski definition) is 11. The molecule has 0 saturated carbocycles. The van der Waals surface area contributed by atoms with E-state index in [4.69, 9.17) is 37.9 Å². The predicted molar refractivity (Wildman–Crippen MR) is 207 cm³/mol. The van der Waals surface area contributed by atoms with Gasteiger partial charge in [0.15, 0.2) is 23.0 Å². The highest BCUT2D eigenvalue weighted by Crippen LogP contribution is 2.42. The molecule has 0 saturated heterocycles. The largest absolute Gasteiger partial charge is 0.497 e. The van der Waals surface area contributed by atoms with Gasteiger partial charge in [0, 0.05) is 19.2 Å². The Morgan fingerprint density at radius 3 is 2.09 bits per heavy atom. The number of imidazole rings is 1. The smallest absolute Gasteiger partial charge is 0.407 e. The summed E-state index contributed by atoms with van der Waals surface area (Å²) in [4.78, 5) is 29.4. The van der Waals surface area contributed by atoms with Crippen molar-refractivity contribution < 1.29 is 47.5 Å². The van der Waals surface area contributed by atoms with Crippen LogP contribution in [0.2, 0.25) is 0 Å². The zero-order valence-corrected chi connectivity index (χ0v) is 32.4. The topological polar surface area (TPSA) is 138 Å². The molecule has 2 unspecified atom stereocenters. The van der Waals surface area contributed by atoms with Gasteiger partial charge in [0.2, 0.25) is 0 Å². The number of carbonyl (C=O) groups is 2. The van der Waals surface area contributed by atoms with Crippen molar-refractivity contribution in [1.29, 1.82) is 0 Å². The molecular weight excluding hydrogens is 718 g/mol. The molecular formula is C43H47N3O10. The summed E-state index contributed by atoms with van der Waals surface area (Å²) in [6.07, 6.45) is 2.65. The minimum atomic E-state index is -0.870. The maximum absolute atomic E-state index is 12.5. The average Bonchev–Trinajstić information content (AvgIpc) is 3.83. The van der Waals surface area contributed by atoms with Crippen molar-refractivity contribution in [3.63, 3.8) is 0 Å². The second-order valence-corrected chi connectivity index (χ2v) is 13.9. The van der Waals surface area contributed by atoms with Gasteiger partial charge in [0.25, 0.3) is 6.29 Å². The quantitative estimate of drug-likeness (QED) is 0.0990. The fourth-order valence-corrected chi connectivity index (χ4v) is 5.89. The van der Waals surface area contributed by atoms with Crippen molar-refractivity contribution in [3.05, 3.63) is 125 Å². The Morgan fingerprint density at radius 2 is 1.46 bits per heavy atom.